The van der Waals surface area contributed by atoms with Gasteiger partial charge in [0.1, 0.15) is 28.9 Å². The number of nitriles is 1. The first-order valence-corrected chi connectivity index (χ1v) is 11.6. The fraction of sp³-hybridized carbons (Fsp3) is 0.231. The minimum Gasteiger partial charge on any atom is -0.378 e. The van der Waals surface area contributed by atoms with E-state index in [9.17, 15) is 14.4 Å². The lowest BCUT2D eigenvalue weighted by atomic mass is 9.75. The van der Waals surface area contributed by atoms with Crippen molar-refractivity contribution in [2.24, 2.45) is 0 Å². The van der Waals surface area contributed by atoms with Crippen LogP contribution in [0.3, 0.4) is 0 Å². The number of halogens is 2. The number of thiocarbonyl (C=S) groups is 1. The molecule has 0 unspecified atom stereocenters. The van der Waals surface area contributed by atoms with Crippen LogP contribution in [0.5, 0.6) is 0 Å². The number of hydrogen-bond donors (Lipinski definition) is 1. The third kappa shape index (κ3) is 3.70. The monoisotopic (exact) mass is 489 g/mol. The number of aryl methyl sites for hydroxylation is 1. The van der Waals surface area contributed by atoms with Crippen LogP contribution in [0, 0.1) is 29.9 Å². The highest BCUT2D eigenvalue weighted by Crippen LogP contribution is 2.48. The Kier molecular flexibility index (Phi) is 5.69. The number of carbonyl (C=O) groups excluding carboxylic acids is 1. The molecule has 1 saturated carbocycles. The fourth-order valence-corrected chi connectivity index (χ4v) is 5.09. The molecule has 0 bridgehead atoms. The Balaban J connectivity index is 1.45. The summed E-state index contributed by atoms with van der Waals surface area (Å²) in [6.07, 6.45) is 3.52. The van der Waals surface area contributed by atoms with E-state index in [1.165, 1.54) is 23.2 Å². The number of nitrogens with one attached hydrogen (secondary N) is 1. The maximum absolute atomic E-state index is 15.1. The summed E-state index contributed by atoms with van der Waals surface area (Å²) >= 11 is 5.72. The van der Waals surface area contributed by atoms with Gasteiger partial charge in [0.2, 0.25) is 0 Å². The van der Waals surface area contributed by atoms with Gasteiger partial charge in [-0.05, 0) is 74.3 Å². The van der Waals surface area contributed by atoms with Crippen LogP contribution in [0.15, 0.2) is 54.7 Å². The summed E-state index contributed by atoms with van der Waals surface area (Å²) in [7, 11) is 0. The van der Waals surface area contributed by atoms with E-state index < -0.39 is 17.2 Å². The minimum atomic E-state index is -0.863. The first kappa shape index (κ1) is 22.9. The highest BCUT2D eigenvalue weighted by atomic mass is 32.1. The van der Waals surface area contributed by atoms with Crippen LogP contribution in [0.2, 0.25) is 0 Å². The maximum atomic E-state index is 15.1. The number of benzene rings is 2. The Labute approximate surface area is 206 Å². The first-order chi connectivity index (χ1) is 16.9. The maximum Gasteiger partial charge on any atom is 0.259 e. The van der Waals surface area contributed by atoms with E-state index in [0.29, 0.717) is 35.3 Å². The van der Waals surface area contributed by atoms with Crippen molar-refractivity contribution in [1.29, 1.82) is 5.26 Å². The Morgan fingerprint density at radius 2 is 1.91 bits per heavy atom. The highest BCUT2D eigenvalue weighted by molar-refractivity contribution is 7.81. The standard InChI is InChI=1S/C26H21F2N5OS/c1-16-11-19(15-31-23(16)13-29)32-24(34)26(9-4-10-26)33(25(32)35)18-8-7-17(21(28)12-18)14-30-22-6-3-2-5-20(22)27/h2-3,5-8,11-12,15,30H,4,9-10,14H2,1H3. The summed E-state index contributed by atoms with van der Waals surface area (Å²) < 4.78 is 29.0. The van der Waals surface area contributed by atoms with Gasteiger partial charge < -0.3 is 10.2 Å². The van der Waals surface area contributed by atoms with Gasteiger partial charge in [0.05, 0.1) is 17.6 Å². The molecule has 35 heavy (non-hydrogen) atoms. The molecule has 2 aliphatic rings. The van der Waals surface area contributed by atoms with Crippen LogP contribution in [0.4, 0.5) is 25.8 Å². The smallest absolute Gasteiger partial charge is 0.259 e. The number of anilines is 3. The zero-order valence-electron chi connectivity index (χ0n) is 18.9. The third-order valence-electron chi connectivity index (χ3n) is 6.66. The molecule has 1 saturated heterocycles. The Bertz CT molecular complexity index is 1400. The summed E-state index contributed by atoms with van der Waals surface area (Å²) in [6, 6.07) is 14.7. The van der Waals surface area contributed by atoms with E-state index in [1.807, 2.05) is 6.07 Å². The fourth-order valence-electron chi connectivity index (χ4n) is 4.62. The molecule has 1 aromatic heterocycles. The highest BCUT2D eigenvalue weighted by Gasteiger charge is 2.59. The van der Waals surface area contributed by atoms with E-state index in [0.717, 1.165) is 6.42 Å². The topological polar surface area (TPSA) is 72.3 Å². The summed E-state index contributed by atoms with van der Waals surface area (Å²) in [6.45, 7) is 1.85. The lowest BCUT2D eigenvalue weighted by Gasteiger charge is -2.43. The Morgan fingerprint density at radius 3 is 2.54 bits per heavy atom. The van der Waals surface area contributed by atoms with Crippen molar-refractivity contribution in [3.63, 3.8) is 0 Å². The van der Waals surface area contributed by atoms with Gasteiger partial charge >= 0.3 is 0 Å². The second-order valence-corrected chi connectivity index (χ2v) is 9.09. The molecule has 1 aliphatic heterocycles. The van der Waals surface area contributed by atoms with E-state index in [4.69, 9.17) is 12.2 Å². The average Bonchev–Trinajstić information content (AvgIpc) is 3.06. The van der Waals surface area contributed by atoms with Crippen molar-refractivity contribution in [3.05, 3.63) is 83.2 Å². The number of amides is 1. The summed E-state index contributed by atoms with van der Waals surface area (Å²) in [5, 5.41) is 12.3. The lowest BCUT2D eigenvalue weighted by molar-refractivity contribution is -0.123. The predicted molar refractivity (Wildman–Crippen MR) is 133 cm³/mol. The summed E-state index contributed by atoms with van der Waals surface area (Å²) in [4.78, 5) is 20.9. The van der Waals surface area contributed by atoms with Crippen LogP contribution in [-0.4, -0.2) is 21.5 Å². The molecule has 1 aliphatic carbocycles. The van der Waals surface area contributed by atoms with Gasteiger partial charge in [-0.3, -0.25) is 9.69 Å². The van der Waals surface area contributed by atoms with Crippen LogP contribution in [0.1, 0.15) is 36.1 Å². The number of aromatic nitrogens is 1. The molecular formula is C26H21F2N5OS. The molecule has 1 spiro atoms. The number of carbonyl (C=O) groups is 1. The van der Waals surface area contributed by atoms with Crippen LogP contribution >= 0.6 is 12.2 Å². The van der Waals surface area contributed by atoms with Crippen molar-refractivity contribution in [3.8, 4) is 6.07 Å². The Hall–Kier alpha value is -3.90. The molecule has 1 amide bonds. The lowest BCUT2D eigenvalue weighted by Crippen LogP contribution is -2.55. The van der Waals surface area contributed by atoms with Gasteiger partial charge in [0.15, 0.2) is 5.11 Å². The number of nitrogens with zero attached hydrogens (tertiary/aromatic N) is 4. The van der Waals surface area contributed by atoms with Gasteiger partial charge in [0.25, 0.3) is 5.91 Å². The van der Waals surface area contributed by atoms with Gasteiger partial charge in [-0.1, -0.05) is 18.2 Å². The molecular weight excluding hydrogens is 468 g/mol. The SMILES string of the molecule is Cc1cc(N2C(=O)C3(CCC3)N(c3ccc(CNc4ccccc4F)c(F)c3)C2=S)cnc1C#N. The second-order valence-electron chi connectivity index (χ2n) is 8.72. The zero-order valence-corrected chi connectivity index (χ0v) is 19.7. The summed E-state index contributed by atoms with van der Waals surface area (Å²) in [5.74, 6) is -1.07. The molecule has 9 heteroatoms. The van der Waals surface area contributed by atoms with Gasteiger partial charge in [-0.2, -0.15) is 5.26 Å². The van der Waals surface area contributed by atoms with Crippen molar-refractivity contribution in [2.45, 2.75) is 38.3 Å². The van der Waals surface area contributed by atoms with Gasteiger partial charge in [0, 0.05) is 17.8 Å². The van der Waals surface area contributed by atoms with Gasteiger partial charge in [-0.15, -0.1) is 0 Å². The Morgan fingerprint density at radius 1 is 1.14 bits per heavy atom. The molecule has 2 heterocycles. The van der Waals surface area contributed by atoms with Crippen molar-refractivity contribution in [1.82, 2.24) is 4.98 Å². The molecule has 6 nitrogen and oxygen atoms in total. The molecule has 0 radical (unpaired) electrons. The zero-order chi connectivity index (χ0) is 24.7. The number of pyridine rings is 1. The first-order valence-electron chi connectivity index (χ1n) is 11.2. The van der Waals surface area contributed by atoms with Crippen molar-refractivity contribution >= 4 is 40.3 Å². The largest absolute Gasteiger partial charge is 0.378 e. The number of hydrogen-bond acceptors (Lipinski definition) is 5. The van der Waals surface area contributed by atoms with E-state index in [-0.39, 0.29) is 28.9 Å². The van der Waals surface area contributed by atoms with Crippen molar-refractivity contribution < 1.29 is 13.6 Å². The molecule has 2 aromatic carbocycles. The van der Waals surface area contributed by atoms with Gasteiger partial charge in [-0.25, -0.2) is 13.8 Å². The van der Waals surface area contributed by atoms with E-state index in [1.54, 1.807) is 48.2 Å². The molecule has 5 rings (SSSR count). The van der Waals surface area contributed by atoms with Crippen LogP contribution in [0.25, 0.3) is 0 Å². The molecule has 3 aromatic rings. The van der Waals surface area contributed by atoms with E-state index in [2.05, 4.69) is 10.3 Å². The third-order valence-corrected chi connectivity index (χ3v) is 7.02. The predicted octanol–water partition coefficient (Wildman–Crippen LogP) is 5.21. The quantitative estimate of drug-likeness (QED) is 0.496. The average molecular weight is 490 g/mol. The molecule has 2 fully saturated rings. The van der Waals surface area contributed by atoms with Crippen LogP contribution < -0.4 is 15.1 Å². The minimum absolute atomic E-state index is 0.101. The van der Waals surface area contributed by atoms with Crippen LogP contribution in [-0.2, 0) is 11.3 Å². The number of para-hydroxylation sites is 1. The second kappa shape index (κ2) is 8.71. The molecule has 176 valence electrons. The number of rotatable bonds is 5. The van der Waals surface area contributed by atoms with E-state index >= 15 is 4.39 Å². The van der Waals surface area contributed by atoms with Crippen molar-refractivity contribution in [2.75, 3.05) is 15.1 Å². The normalized spacial score (nSPS) is 16.4. The molecule has 1 N–H and O–H groups in total. The molecule has 0 atom stereocenters. The summed E-state index contributed by atoms with van der Waals surface area (Å²) in [5.41, 5.74) is 1.67.